The number of hydrogen-bond acceptors (Lipinski definition) is 1. The molecule has 0 heterocycles. The monoisotopic (exact) mass is 235 g/mol. The first-order chi connectivity index (χ1) is 8.29. The van der Waals surface area contributed by atoms with Gasteiger partial charge in [0, 0.05) is 6.04 Å². The second-order valence-corrected chi connectivity index (χ2v) is 7.06. The maximum Gasteiger partial charge on any atom is 0.0101 e. The highest BCUT2D eigenvalue weighted by Gasteiger charge is 2.53. The van der Waals surface area contributed by atoms with Crippen molar-refractivity contribution >= 4 is 0 Å². The molecule has 3 aliphatic rings. The van der Waals surface area contributed by atoms with E-state index >= 15 is 0 Å². The van der Waals surface area contributed by atoms with Crippen molar-refractivity contribution in [3.63, 3.8) is 0 Å². The maximum atomic E-state index is 3.91. The lowest BCUT2D eigenvalue weighted by Crippen LogP contribution is -2.41. The van der Waals surface area contributed by atoms with Crippen molar-refractivity contribution in [3.8, 4) is 0 Å². The van der Waals surface area contributed by atoms with E-state index in [1.54, 1.807) is 19.3 Å². The van der Waals surface area contributed by atoms with Gasteiger partial charge >= 0.3 is 0 Å². The maximum absolute atomic E-state index is 3.91. The summed E-state index contributed by atoms with van der Waals surface area (Å²) >= 11 is 0. The Morgan fingerprint density at radius 3 is 2.76 bits per heavy atom. The zero-order valence-corrected chi connectivity index (χ0v) is 11.6. The van der Waals surface area contributed by atoms with E-state index in [9.17, 15) is 0 Å². The van der Waals surface area contributed by atoms with E-state index in [0.717, 1.165) is 35.6 Å². The Labute approximate surface area is 107 Å². The van der Waals surface area contributed by atoms with Crippen LogP contribution in [0.3, 0.4) is 0 Å². The summed E-state index contributed by atoms with van der Waals surface area (Å²) in [6.07, 6.45) is 10.4. The van der Waals surface area contributed by atoms with Crippen LogP contribution in [-0.4, -0.2) is 12.6 Å². The van der Waals surface area contributed by atoms with Gasteiger partial charge in [0.25, 0.3) is 0 Å². The fraction of sp³-hybridized carbons (Fsp3) is 1.00. The average molecular weight is 235 g/mol. The van der Waals surface area contributed by atoms with Crippen molar-refractivity contribution in [2.75, 3.05) is 6.54 Å². The largest absolute Gasteiger partial charge is 0.313 e. The van der Waals surface area contributed by atoms with Crippen LogP contribution in [0.5, 0.6) is 0 Å². The molecule has 0 aromatic carbocycles. The van der Waals surface area contributed by atoms with Gasteiger partial charge in [-0.2, -0.15) is 0 Å². The predicted octanol–water partition coefficient (Wildman–Crippen LogP) is 3.84. The Kier molecular flexibility index (Phi) is 3.47. The molecule has 0 aromatic rings. The fourth-order valence-corrected chi connectivity index (χ4v) is 5.25. The standard InChI is InChI=1S/C16H29N/c1-3-5-11(2)10-17-16-9-12-8-15(16)14-7-4-6-13(12)14/h11-17H,3-10H2,1-2H3. The molecule has 6 unspecified atom stereocenters. The van der Waals surface area contributed by atoms with Crippen molar-refractivity contribution in [3.05, 3.63) is 0 Å². The Morgan fingerprint density at radius 2 is 1.94 bits per heavy atom. The molecule has 2 bridgehead atoms. The molecule has 17 heavy (non-hydrogen) atoms. The van der Waals surface area contributed by atoms with E-state index in [0.29, 0.717) is 0 Å². The molecular weight excluding hydrogens is 206 g/mol. The quantitative estimate of drug-likeness (QED) is 0.763. The minimum Gasteiger partial charge on any atom is -0.313 e. The number of rotatable bonds is 5. The summed E-state index contributed by atoms with van der Waals surface area (Å²) < 4.78 is 0. The third kappa shape index (κ3) is 2.16. The molecule has 3 aliphatic carbocycles. The molecule has 0 saturated heterocycles. The molecule has 6 atom stereocenters. The van der Waals surface area contributed by atoms with Crippen molar-refractivity contribution in [1.29, 1.82) is 0 Å². The minimum absolute atomic E-state index is 0.874. The lowest BCUT2D eigenvalue weighted by Gasteiger charge is -2.33. The van der Waals surface area contributed by atoms with Gasteiger partial charge in [0.2, 0.25) is 0 Å². The van der Waals surface area contributed by atoms with Gasteiger partial charge in [-0.1, -0.05) is 26.7 Å². The van der Waals surface area contributed by atoms with Gasteiger partial charge in [-0.3, -0.25) is 0 Å². The highest BCUT2D eigenvalue weighted by molar-refractivity contribution is 5.05. The second-order valence-electron chi connectivity index (χ2n) is 7.06. The summed E-state index contributed by atoms with van der Waals surface area (Å²) in [5.41, 5.74) is 0. The summed E-state index contributed by atoms with van der Waals surface area (Å²) in [6.45, 7) is 5.97. The van der Waals surface area contributed by atoms with Gasteiger partial charge in [0.1, 0.15) is 0 Å². The summed E-state index contributed by atoms with van der Waals surface area (Å²) in [5.74, 6) is 5.30. The van der Waals surface area contributed by atoms with E-state index in [2.05, 4.69) is 19.2 Å². The molecule has 3 rings (SSSR count). The first-order valence-corrected chi connectivity index (χ1v) is 8.03. The predicted molar refractivity (Wildman–Crippen MR) is 72.9 cm³/mol. The van der Waals surface area contributed by atoms with Crippen LogP contribution in [-0.2, 0) is 0 Å². The highest BCUT2D eigenvalue weighted by atomic mass is 14.9. The van der Waals surface area contributed by atoms with Crippen molar-refractivity contribution in [1.82, 2.24) is 5.32 Å². The van der Waals surface area contributed by atoms with Gasteiger partial charge < -0.3 is 5.32 Å². The van der Waals surface area contributed by atoms with Gasteiger partial charge in [-0.25, -0.2) is 0 Å². The smallest absolute Gasteiger partial charge is 0.0101 e. The van der Waals surface area contributed by atoms with Crippen molar-refractivity contribution in [2.45, 2.75) is 64.8 Å². The lowest BCUT2D eigenvalue weighted by molar-refractivity contribution is 0.204. The molecule has 0 amide bonds. The molecule has 0 spiro atoms. The van der Waals surface area contributed by atoms with Crippen LogP contribution >= 0.6 is 0 Å². The van der Waals surface area contributed by atoms with Crippen LogP contribution in [0.15, 0.2) is 0 Å². The Hall–Kier alpha value is -0.0400. The first kappa shape index (κ1) is 12.0. The Balaban J connectivity index is 1.50. The minimum atomic E-state index is 0.874. The van der Waals surface area contributed by atoms with E-state index < -0.39 is 0 Å². The van der Waals surface area contributed by atoms with E-state index in [4.69, 9.17) is 0 Å². The van der Waals surface area contributed by atoms with Crippen LogP contribution in [0.2, 0.25) is 0 Å². The zero-order chi connectivity index (χ0) is 11.8. The summed E-state index contributed by atoms with van der Waals surface area (Å²) in [7, 11) is 0. The zero-order valence-electron chi connectivity index (χ0n) is 11.6. The van der Waals surface area contributed by atoms with Crippen LogP contribution in [0.25, 0.3) is 0 Å². The molecule has 0 aliphatic heterocycles. The van der Waals surface area contributed by atoms with Gasteiger partial charge in [-0.05, 0) is 68.2 Å². The highest BCUT2D eigenvalue weighted by Crippen LogP contribution is 2.58. The van der Waals surface area contributed by atoms with Crippen molar-refractivity contribution < 1.29 is 0 Å². The lowest BCUT2D eigenvalue weighted by atomic mass is 9.79. The third-order valence-electron chi connectivity index (χ3n) is 5.94. The third-order valence-corrected chi connectivity index (χ3v) is 5.94. The Morgan fingerprint density at radius 1 is 1.12 bits per heavy atom. The molecule has 3 saturated carbocycles. The van der Waals surface area contributed by atoms with Gasteiger partial charge in [0.15, 0.2) is 0 Å². The topological polar surface area (TPSA) is 12.0 Å². The molecule has 0 aromatic heterocycles. The van der Waals surface area contributed by atoms with Crippen molar-refractivity contribution in [2.24, 2.45) is 29.6 Å². The van der Waals surface area contributed by atoms with Crippen LogP contribution in [0, 0.1) is 29.6 Å². The molecule has 1 N–H and O–H groups in total. The summed E-state index contributed by atoms with van der Waals surface area (Å²) in [6, 6.07) is 0.888. The number of hydrogen-bond donors (Lipinski definition) is 1. The Bertz CT molecular complexity index is 262. The van der Waals surface area contributed by atoms with Crippen LogP contribution < -0.4 is 5.32 Å². The molecule has 0 radical (unpaired) electrons. The fourth-order valence-electron chi connectivity index (χ4n) is 5.25. The van der Waals surface area contributed by atoms with E-state index in [-0.39, 0.29) is 0 Å². The van der Waals surface area contributed by atoms with Gasteiger partial charge in [-0.15, -0.1) is 0 Å². The van der Waals surface area contributed by atoms with Crippen LogP contribution in [0.1, 0.15) is 58.8 Å². The SMILES string of the molecule is CCCC(C)CNC1CC2CC1C1CCCC21. The van der Waals surface area contributed by atoms with E-state index in [1.165, 1.54) is 32.2 Å². The summed E-state index contributed by atoms with van der Waals surface area (Å²) in [5, 5.41) is 3.91. The number of nitrogens with one attached hydrogen (secondary N) is 1. The first-order valence-electron chi connectivity index (χ1n) is 8.03. The van der Waals surface area contributed by atoms with E-state index in [1.807, 2.05) is 0 Å². The molecule has 1 nitrogen and oxygen atoms in total. The second kappa shape index (κ2) is 4.91. The summed E-state index contributed by atoms with van der Waals surface area (Å²) in [4.78, 5) is 0. The molecule has 98 valence electrons. The molecule has 1 heteroatoms. The molecular formula is C16H29N. The van der Waals surface area contributed by atoms with Crippen LogP contribution in [0.4, 0.5) is 0 Å². The van der Waals surface area contributed by atoms with Gasteiger partial charge in [0.05, 0.1) is 0 Å². The number of fused-ring (bicyclic) bond motifs is 5. The normalized spacial score (nSPS) is 45.2. The molecule has 3 fully saturated rings. The average Bonchev–Trinajstić information content (AvgIpc) is 2.98.